The Bertz CT molecular complexity index is 482. The monoisotopic (exact) mass is 296 g/mol. The first-order valence-electron chi connectivity index (χ1n) is 6.60. The Labute approximate surface area is 122 Å². The number of aliphatic hydroxyl groups excluding tert-OH is 3. The van der Waals surface area contributed by atoms with E-state index in [1.807, 2.05) is 0 Å². The first-order valence-corrected chi connectivity index (χ1v) is 6.60. The lowest BCUT2D eigenvalue weighted by Crippen LogP contribution is -2.68. The molecule has 1 aliphatic rings. The summed E-state index contributed by atoms with van der Waals surface area (Å²) in [4.78, 5) is 13.0. The minimum Gasteiger partial charge on any atom is -0.829 e. The van der Waals surface area contributed by atoms with Gasteiger partial charge < -0.3 is 30.1 Å². The van der Waals surface area contributed by atoms with Crippen molar-refractivity contribution in [3.05, 3.63) is 30.3 Å². The van der Waals surface area contributed by atoms with Gasteiger partial charge in [-0.05, 0) is 12.1 Å². The van der Waals surface area contributed by atoms with Crippen LogP contribution in [0.1, 0.15) is 6.92 Å². The molecule has 0 bridgehead atoms. The number of nitrogens with zero attached hydrogens (tertiary/aromatic N) is 1. The summed E-state index contributed by atoms with van der Waals surface area (Å²) < 4.78 is 4.97. The van der Waals surface area contributed by atoms with Crippen LogP contribution >= 0.6 is 0 Å². The van der Waals surface area contributed by atoms with E-state index in [-0.39, 0.29) is 0 Å². The molecule has 1 aromatic rings. The summed E-state index contributed by atoms with van der Waals surface area (Å²) in [5.74, 6) is -0.454. The number of para-hydroxylation sites is 1. The van der Waals surface area contributed by atoms with Crippen molar-refractivity contribution in [3.63, 3.8) is 0 Å². The Balaban J connectivity index is 2.34. The molecule has 0 aromatic heterocycles. The number of anilines is 1. The lowest BCUT2D eigenvalue weighted by atomic mass is 9.95. The van der Waals surface area contributed by atoms with Crippen molar-refractivity contribution in [2.24, 2.45) is 0 Å². The Morgan fingerprint density at radius 3 is 2.43 bits per heavy atom. The minimum absolute atomic E-state index is 0.424. The van der Waals surface area contributed by atoms with Crippen molar-refractivity contribution in [1.82, 2.24) is 0 Å². The highest BCUT2D eigenvalue weighted by Gasteiger charge is 2.43. The number of carbonyl (C=O) groups is 1. The number of hydrogen-bond donors (Lipinski definition) is 3. The second-order valence-electron chi connectivity index (χ2n) is 4.92. The summed E-state index contributed by atoms with van der Waals surface area (Å²) in [6, 6.07) is 7.09. The van der Waals surface area contributed by atoms with Gasteiger partial charge in [0.15, 0.2) is 0 Å². The first-order chi connectivity index (χ1) is 9.97. The maximum Gasteiger partial charge on any atom is 0.224 e. The van der Waals surface area contributed by atoms with Crippen LogP contribution in [-0.2, 0) is 9.53 Å². The van der Waals surface area contributed by atoms with Gasteiger partial charge >= 0.3 is 0 Å². The van der Waals surface area contributed by atoms with E-state index in [0.717, 1.165) is 4.90 Å². The van der Waals surface area contributed by atoms with Crippen molar-refractivity contribution in [2.75, 3.05) is 11.5 Å². The van der Waals surface area contributed by atoms with Crippen LogP contribution in [0.25, 0.3) is 0 Å². The smallest absolute Gasteiger partial charge is 0.224 e. The topological polar surface area (TPSA) is 113 Å². The molecule has 0 unspecified atom stereocenters. The van der Waals surface area contributed by atoms with Crippen molar-refractivity contribution in [1.29, 1.82) is 0 Å². The molecular formula is C14H18NO6-. The maximum absolute atomic E-state index is 12.1. The molecule has 1 aromatic carbocycles. The van der Waals surface area contributed by atoms with E-state index in [0.29, 0.717) is 5.69 Å². The van der Waals surface area contributed by atoms with E-state index < -0.39 is 43.2 Å². The molecule has 1 fully saturated rings. The van der Waals surface area contributed by atoms with Crippen molar-refractivity contribution in [2.45, 2.75) is 37.6 Å². The predicted molar refractivity (Wildman–Crippen MR) is 71.2 cm³/mol. The fraction of sp³-hybridized carbons (Fsp3) is 0.500. The van der Waals surface area contributed by atoms with E-state index in [9.17, 15) is 20.1 Å². The molecule has 1 aliphatic heterocycles. The van der Waals surface area contributed by atoms with Crippen LogP contribution in [-0.4, -0.2) is 58.5 Å². The van der Waals surface area contributed by atoms with Crippen molar-refractivity contribution < 1.29 is 30.0 Å². The average Bonchev–Trinajstić information content (AvgIpc) is 2.47. The molecule has 5 atom stereocenters. The first kappa shape index (κ1) is 15.9. The van der Waals surface area contributed by atoms with Crippen LogP contribution in [0.4, 0.5) is 5.69 Å². The van der Waals surface area contributed by atoms with Gasteiger partial charge in [0.2, 0.25) is 5.91 Å². The fourth-order valence-corrected chi connectivity index (χ4v) is 2.49. The van der Waals surface area contributed by atoms with Crippen LogP contribution in [0.15, 0.2) is 30.3 Å². The second-order valence-corrected chi connectivity index (χ2v) is 4.92. The predicted octanol–water partition coefficient (Wildman–Crippen LogP) is -1.79. The molecule has 7 heteroatoms. The van der Waals surface area contributed by atoms with Crippen molar-refractivity contribution >= 4 is 11.6 Å². The van der Waals surface area contributed by atoms with E-state index in [4.69, 9.17) is 9.84 Å². The van der Waals surface area contributed by atoms with Gasteiger partial charge in [-0.15, -0.1) is 0 Å². The molecule has 0 saturated carbocycles. The zero-order valence-electron chi connectivity index (χ0n) is 11.5. The Morgan fingerprint density at radius 2 is 1.90 bits per heavy atom. The molecular weight excluding hydrogens is 278 g/mol. The minimum atomic E-state index is -1.77. The third-order valence-corrected chi connectivity index (χ3v) is 3.52. The average molecular weight is 296 g/mol. The zero-order valence-corrected chi connectivity index (χ0v) is 11.5. The summed E-state index contributed by atoms with van der Waals surface area (Å²) in [6.07, 6.45) is -5.90. The van der Waals surface area contributed by atoms with E-state index >= 15 is 0 Å². The molecule has 1 saturated heterocycles. The highest BCUT2D eigenvalue weighted by molar-refractivity contribution is 5.92. The highest BCUT2D eigenvalue weighted by Crippen LogP contribution is 2.27. The lowest BCUT2D eigenvalue weighted by molar-refractivity contribution is -0.517. The van der Waals surface area contributed by atoms with E-state index in [1.54, 1.807) is 30.3 Å². The van der Waals surface area contributed by atoms with Gasteiger partial charge in [0.05, 0.1) is 12.6 Å². The molecule has 0 spiro atoms. The molecule has 116 valence electrons. The van der Waals surface area contributed by atoms with Gasteiger partial charge in [-0.25, -0.2) is 0 Å². The summed E-state index contributed by atoms with van der Waals surface area (Å²) in [5, 5.41) is 41.2. The summed E-state index contributed by atoms with van der Waals surface area (Å²) in [7, 11) is 0. The summed E-state index contributed by atoms with van der Waals surface area (Å²) >= 11 is 0. The number of amides is 1. The Kier molecular flexibility index (Phi) is 4.92. The molecule has 2 rings (SSSR count). The van der Waals surface area contributed by atoms with Gasteiger partial charge in [-0.1, -0.05) is 18.2 Å². The number of rotatable bonds is 3. The molecule has 21 heavy (non-hydrogen) atoms. The van der Waals surface area contributed by atoms with Gasteiger partial charge in [0, 0.05) is 18.9 Å². The van der Waals surface area contributed by atoms with E-state index in [1.165, 1.54) is 6.92 Å². The third-order valence-electron chi connectivity index (χ3n) is 3.52. The number of benzene rings is 1. The quantitative estimate of drug-likeness (QED) is 0.607. The number of carbonyl (C=O) groups excluding carboxylic acids is 1. The number of ether oxygens (including phenoxy) is 1. The van der Waals surface area contributed by atoms with Gasteiger partial charge in [0.1, 0.15) is 18.3 Å². The zero-order chi connectivity index (χ0) is 15.6. The second kappa shape index (κ2) is 6.50. The molecule has 3 N–H and O–H groups in total. The Hall–Kier alpha value is -1.51. The normalized spacial score (nSPS) is 32.7. The van der Waals surface area contributed by atoms with Crippen LogP contribution in [0.3, 0.4) is 0 Å². The van der Waals surface area contributed by atoms with Crippen LogP contribution in [0, 0.1) is 0 Å². The molecule has 1 heterocycles. The van der Waals surface area contributed by atoms with Gasteiger partial charge in [-0.2, -0.15) is 0 Å². The largest absolute Gasteiger partial charge is 0.829 e. The van der Waals surface area contributed by atoms with Crippen LogP contribution in [0.2, 0.25) is 0 Å². The molecule has 0 radical (unpaired) electrons. The SMILES string of the molecule is CC(=O)N(c1ccccc1)[C@@H]1[C@@H](O)[C@H](O)[C@@H](CO)O[C@H]1[O-]. The fourth-order valence-electron chi connectivity index (χ4n) is 2.49. The van der Waals surface area contributed by atoms with Crippen molar-refractivity contribution in [3.8, 4) is 0 Å². The van der Waals surface area contributed by atoms with Crippen LogP contribution in [0.5, 0.6) is 0 Å². The highest BCUT2D eigenvalue weighted by atomic mass is 16.6. The standard InChI is InChI=1S/C14H18NO6/c1-8(17)15(9-5-3-2-4-6-9)11-13(19)12(18)10(7-16)21-14(11)20/h2-6,10-14,16,18-19H,7H2,1H3/q-1/t10-,11-,12-,13-,14-/m1/s1. The maximum atomic E-state index is 12.1. The third kappa shape index (κ3) is 3.07. The molecule has 7 nitrogen and oxygen atoms in total. The molecule has 0 aliphatic carbocycles. The molecule has 1 amide bonds. The van der Waals surface area contributed by atoms with Crippen LogP contribution < -0.4 is 10.0 Å². The van der Waals surface area contributed by atoms with Gasteiger partial charge in [-0.3, -0.25) is 4.79 Å². The number of hydrogen-bond acceptors (Lipinski definition) is 6. The number of aliphatic hydroxyl groups is 3. The van der Waals surface area contributed by atoms with E-state index in [2.05, 4.69) is 0 Å². The van der Waals surface area contributed by atoms with Gasteiger partial charge in [0.25, 0.3) is 0 Å². The summed E-state index contributed by atoms with van der Waals surface area (Å²) in [5.41, 5.74) is 0.424. The Morgan fingerprint density at radius 1 is 1.29 bits per heavy atom. The lowest BCUT2D eigenvalue weighted by Gasteiger charge is -2.49. The summed E-state index contributed by atoms with van der Waals surface area (Å²) in [6.45, 7) is 0.673.